The second-order valence-electron chi connectivity index (χ2n) is 4.95. The second kappa shape index (κ2) is 5.83. The molecule has 0 radical (unpaired) electrons. The summed E-state index contributed by atoms with van der Waals surface area (Å²) in [6.07, 6.45) is 5.22. The van der Waals surface area contributed by atoms with Crippen molar-refractivity contribution in [2.24, 2.45) is 11.8 Å². The molecule has 2 aliphatic rings. The standard InChI is InChI=1S/C12H23NO2/c1-14-9-12-7-11(8-13-12)6-10-2-4-15-5-3-10/h10-13H,2-9H2,1H3. The minimum Gasteiger partial charge on any atom is -0.383 e. The smallest absolute Gasteiger partial charge is 0.0615 e. The van der Waals surface area contributed by atoms with Crippen molar-refractivity contribution in [3.05, 3.63) is 0 Å². The quantitative estimate of drug-likeness (QED) is 0.766. The number of ether oxygens (including phenoxy) is 2. The minimum absolute atomic E-state index is 0.597. The van der Waals surface area contributed by atoms with Gasteiger partial charge < -0.3 is 14.8 Å². The van der Waals surface area contributed by atoms with Crippen molar-refractivity contribution in [3.8, 4) is 0 Å². The molecule has 0 spiro atoms. The summed E-state index contributed by atoms with van der Waals surface area (Å²) in [4.78, 5) is 0. The maximum atomic E-state index is 5.39. The van der Waals surface area contributed by atoms with Gasteiger partial charge in [-0.2, -0.15) is 0 Å². The van der Waals surface area contributed by atoms with Gasteiger partial charge in [0, 0.05) is 26.4 Å². The van der Waals surface area contributed by atoms with Crippen molar-refractivity contribution < 1.29 is 9.47 Å². The highest BCUT2D eigenvalue weighted by Gasteiger charge is 2.26. The molecule has 0 aliphatic carbocycles. The molecule has 0 saturated carbocycles. The van der Waals surface area contributed by atoms with E-state index in [1.54, 1.807) is 7.11 Å². The molecular weight excluding hydrogens is 190 g/mol. The maximum absolute atomic E-state index is 5.39. The molecule has 2 atom stereocenters. The Hall–Kier alpha value is -0.120. The molecule has 3 heteroatoms. The van der Waals surface area contributed by atoms with Crippen molar-refractivity contribution in [2.45, 2.75) is 31.7 Å². The number of hydrogen-bond acceptors (Lipinski definition) is 3. The third kappa shape index (κ3) is 3.44. The van der Waals surface area contributed by atoms with Gasteiger partial charge in [-0.25, -0.2) is 0 Å². The first-order valence-electron chi connectivity index (χ1n) is 6.18. The molecule has 0 bridgehead atoms. The number of rotatable bonds is 4. The van der Waals surface area contributed by atoms with Crippen LogP contribution in [0.25, 0.3) is 0 Å². The van der Waals surface area contributed by atoms with Crippen LogP contribution in [0.3, 0.4) is 0 Å². The average molecular weight is 213 g/mol. The van der Waals surface area contributed by atoms with E-state index in [1.165, 1.54) is 32.2 Å². The van der Waals surface area contributed by atoms with Crippen LogP contribution < -0.4 is 5.32 Å². The molecule has 2 saturated heterocycles. The van der Waals surface area contributed by atoms with Gasteiger partial charge in [-0.15, -0.1) is 0 Å². The Morgan fingerprint density at radius 3 is 2.80 bits per heavy atom. The van der Waals surface area contributed by atoms with E-state index in [0.717, 1.165) is 31.7 Å². The summed E-state index contributed by atoms with van der Waals surface area (Å²) in [6.45, 7) is 4.01. The first-order chi connectivity index (χ1) is 7.38. The van der Waals surface area contributed by atoms with Crippen molar-refractivity contribution in [2.75, 3.05) is 33.5 Å². The predicted octanol–water partition coefficient (Wildman–Crippen LogP) is 1.43. The summed E-state index contributed by atoms with van der Waals surface area (Å²) in [7, 11) is 1.79. The highest BCUT2D eigenvalue weighted by molar-refractivity contribution is 4.83. The van der Waals surface area contributed by atoms with Crippen LogP contribution in [-0.2, 0) is 9.47 Å². The monoisotopic (exact) mass is 213 g/mol. The zero-order chi connectivity index (χ0) is 10.5. The zero-order valence-electron chi connectivity index (χ0n) is 9.71. The molecule has 0 amide bonds. The summed E-state index contributed by atoms with van der Waals surface area (Å²) >= 11 is 0. The van der Waals surface area contributed by atoms with Gasteiger partial charge in [-0.05, 0) is 44.1 Å². The molecule has 2 aliphatic heterocycles. The largest absolute Gasteiger partial charge is 0.383 e. The Bertz CT molecular complexity index is 180. The Kier molecular flexibility index (Phi) is 4.42. The molecule has 2 rings (SSSR count). The summed E-state index contributed by atoms with van der Waals surface area (Å²) in [5, 5.41) is 3.54. The van der Waals surface area contributed by atoms with Crippen LogP contribution in [-0.4, -0.2) is 39.5 Å². The lowest BCUT2D eigenvalue weighted by atomic mass is 9.88. The van der Waals surface area contributed by atoms with E-state index in [9.17, 15) is 0 Å². The van der Waals surface area contributed by atoms with Gasteiger partial charge in [0.25, 0.3) is 0 Å². The lowest BCUT2D eigenvalue weighted by molar-refractivity contribution is 0.0591. The Balaban J connectivity index is 1.67. The third-order valence-electron chi connectivity index (χ3n) is 3.69. The first kappa shape index (κ1) is 11.4. The van der Waals surface area contributed by atoms with E-state index in [4.69, 9.17) is 9.47 Å². The molecule has 15 heavy (non-hydrogen) atoms. The van der Waals surface area contributed by atoms with E-state index in [0.29, 0.717) is 6.04 Å². The highest BCUT2D eigenvalue weighted by atomic mass is 16.5. The van der Waals surface area contributed by atoms with Gasteiger partial charge in [-0.3, -0.25) is 0 Å². The van der Waals surface area contributed by atoms with Crippen molar-refractivity contribution >= 4 is 0 Å². The van der Waals surface area contributed by atoms with Crippen molar-refractivity contribution in [1.29, 1.82) is 0 Å². The SMILES string of the molecule is COCC1CC(CC2CCOCC2)CN1. The van der Waals surface area contributed by atoms with E-state index < -0.39 is 0 Å². The molecule has 2 unspecified atom stereocenters. The van der Waals surface area contributed by atoms with Gasteiger partial charge >= 0.3 is 0 Å². The lowest BCUT2D eigenvalue weighted by Gasteiger charge is -2.24. The van der Waals surface area contributed by atoms with Gasteiger partial charge in [0.1, 0.15) is 0 Å². The van der Waals surface area contributed by atoms with Crippen LogP contribution in [0.4, 0.5) is 0 Å². The van der Waals surface area contributed by atoms with Gasteiger partial charge in [0.05, 0.1) is 6.61 Å². The fraction of sp³-hybridized carbons (Fsp3) is 1.00. The van der Waals surface area contributed by atoms with Gasteiger partial charge in [-0.1, -0.05) is 0 Å². The Morgan fingerprint density at radius 1 is 1.27 bits per heavy atom. The first-order valence-corrected chi connectivity index (χ1v) is 6.18. The van der Waals surface area contributed by atoms with Crippen molar-refractivity contribution in [1.82, 2.24) is 5.32 Å². The van der Waals surface area contributed by atoms with Gasteiger partial charge in [0.15, 0.2) is 0 Å². The topological polar surface area (TPSA) is 30.5 Å². The third-order valence-corrected chi connectivity index (χ3v) is 3.69. The summed E-state index contributed by atoms with van der Waals surface area (Å²) < 4.78 is 10.6. The van der Waals surface area contributed by atoms with E-state index >= 15 is 0 Å². The maximum Gasteiger partial charge on any atom is 0.0615 e. The zero-order valence-corrected chi connectivity index (χ0v) is 9.71. The molecule has 0 aromatic rings. The molecule has 0 aromatic heterocycles. The lowest BCUT2D eigenvalue weighted by Crippen LogP contribution is -2.25. The minimum atomic E-state index is 0.597. The van der Waals surface area contributed by atoms with Crippen molar-refractivity contribution in [3.63, 3.8) is 0 Å². The highest BCUT2D eigenvalue weighted by Crippen LogP contribution is 2.27. The average Bonchev–Trinajstić information content (AvgIpc) is 2.68. The van der Waals surface area contributed by atoms with Gasteiger partial charge in [0.2, 0.25) is 0 Å². The summed E-state index contributed by atoms with van der Waals surface area (Å²) in [6, 6.07) is 0.597. The number of nitrogens with one attached hydrogen (secondary N) is 1. The van der Waals surface area contributed by atoms with E-state index in [1.807, 2.05) is 0 Å². The summed E-state index contributed by atoms with van der Waals surface area (Å²) in [5.41, 5.74) is 0. The molecule has 3 nitrogen and oxygen atoms in total. The predicted molar refractivity (Wildman–Crippen MR) is 59.9 cm³/mol. The normalized spacial score (nSPS) is 33.4. The van der Waals surface area contributed by atoms with Crippen LogP contribution in [0.1, 0.15) is 25.7 Å². The Morgan fingerprint density at radius 2 is 2.07 bits per heavy atom. The van der Waals surface area contributed by atoms with Crippen LogP contribution in [0, 0.1) is 11.8 Å². The molecular formula is C12H23NO2. The van der Waals surface area contributed by atoms with Crippen LogP contribution >= 0.6 is 0 Å². The van der Waals surface area contributed by atoms with E-state index in [-0.39, 0.29) is 0 Å². The van der Waals surface area contributed by atoms with Crippen LogP contribution in [0.15, 0.2) is 0 Å². The fourth-order valence-electron chi connectivity index (χ4n) is 2.86. The summed E-state index contributed by atoms with van der Waals surface area (Å²) in [5.74, 6) is 1.78. The van der Waals surface area contributed by atoms with E-state index in [2.05, 4.69) is 5.32 Å². The number of hydrogen-bond donors (Lipinski definition) is 1. The molecule has 0 aromatic carbocycles. The molecule has 1 N–H and O–H groups in total. The number of methoxy groups -OCH3 is 1. The molecule has 88 valence electrons. The van der Waals surface area contributed by atoms with Crippen LogP contribution in [0.2, 0.25) is 0 Å². The van der Waals surface area contributed by atoms with Crippen LogP contribution in [0.5, 0.6) is 0 Å². The fourth-order valence-corrected chi connectivity index (χ4v) is 2.86. The molecule has 2 heterocycles. The second-order valence-corrected chi connectivity index (χ2v) is 4.95. The molecule has 2 fully saturated rings. The Labute approximate surface area is 92.5 Å².